The Morgan fingerprint density at radius 1 is 1.09 bits per heavy atom. The monoisotopic (exact) mass is 515 g/mol. The Morgan fingerprint density at radius 3 is 2.55 bits per heavy atom. The average Bonchev–Trinajstić information content (AvgIpc) is 3.50. The van der Waals surface area contributed by atoms with Gasteiger partial charge in [-0.2, -0.15) is 18.2 Å². The third-order valence-electron chi connectivity index (χ3n) is 4.41. The van der Waals surface area contributed by atoms with E-state index in [1.54, 1.807) is 36.4 Å². The van der Waals surface area contributed by atoms with Gasteiger partial charge in [0.25, 0.3) is 5.89 Å². The van der Waals surface area contributed by atoms with E-state index in [1.807, 2.05) is 6.07 Å². The first-order valence-electron chi connectivity index (χ1n) is 9.43. The number of alkyl halides is 3. The maximum Gasteiger partial charge on any atom is 0.426 e. The zero-order chi connectivity index (χ0) is 22.7. The van der Waals surface area contributed by atoms with Crippen LogP contribution in [-0.4, -0.2) is 27.8 Å². The average molecular weight is 516 g/mol. The number of hydrogen-bond acceptors (Lipinski definition) is 7. The number of carboxylic acids is 1. The van der Waals surface area contributed by atoms with Crippen LogP contribution >= 0.6 is 35.1 Å². The maximum absolute atomic E-state index is 13.6. The minimum absolute atomic E-state index is 0. The summed E-state index contributed by atoms with van der Waals surface area (Å²) in [7, 11) is 0. The third-order valence-corrected chi connectivity index (χ3v) is 6.66. The Kier molecular flexibility index (Phi) is 7.90. The van der Waals surface area contributed by atoms with Crippen molar-refractivity contribution in [3.63, 3.8) is 0 Å². The molecule has 4 aromatic rings. The number of benzene rings is 1. The van der Waals surface area contributed by atoms with Gasteiger partial charge >= 0.3 is 12.1 Å². The lowest BCUT2D eigenvalue weighted by atomic mass is 10.1. The van der Waals surface area contributed by atoms with Crippen molar-refractivity contribution in [2.45, 2.75) is 19.1 Å². The van der Waals surface area contributed by atoms with Gasteiger partial charge in [-0.15, -0.1) is 35.1 Å². The van der Waals surface area contributed by atoms with Crippen LogP contribution in [0.15, 0.2) is 53.1 Å². The highest BCUT2D eigenvalue weighted by Crippen LogP contribution is 2.45. The molecule has 0 amide bonds. The van der Waals surface area contributed by atoms with Gasteiger partial charge in [0.15, 0.2) is 0 Å². The molecule has 4 rings (SSSR count). The van der Waals surface area contributed by atoms with Crippen LogP contribution < -0.4 is 5.32 Å². The quantitative estimate of drug-likeness (QED) is 0.272. The number of halogens is 4. The number of carboxylic acid groups (broad SMARTS) is 1. The molecule has 0 aliphatic heterocycles. The zero-order valence-corrected chi connectivity index (χ0v) is 19.2. The molecule has 0 atom stereocenters. The van der Waals surface area contributed by atoms with E-state index < -0.39 is 17.0 Å². The van der Waals surface area contributed by atoms with Crippen LogP contribution in [0.25, 0.3) is 32.6 Å². The Morgan fingerprint density at radius 2 is 1.85 bits per heavy atom. The first-order chi connectivity index (χ1) is 15.3. The number of thiophene rings is 2. The minimum Gasteiger partial charge on any atom is -0.481 e. The maximum atomic E-state index is 13.6. The smallest absolute Gasteiger partial charge is 0.426 e. The number of hydrogen-bond donors (Lipinski definition) is 2. The number of aromatic nitrogens is 2. The number of rotatable bonds is 8. The van der Waals surface area contributed by atoms with E-state index in [-0.39, 0.29) is 41.0 Å². The Labute approximate surface area is 200 Å². The molecular formula is C21H17ClF3N3O3S2. The standard InChI is InChI=1S/C21H16F3N3O3S2.ClH/c22-21(23,24)18-14(12-4-2-1-3-5-12)10-16(32-18)20-26-19(27-30-20)15-7-6-13(31-15)11-25-9-8-17(28)29;/h1-7,10,25H,8-9,11H2,(H,28,29);1H. The fourth-order valence-electron chi connectivity index (χ4n) is 2.96. The van der Waals surface area contributed by atoms with Gasteiger partial charge in [0.1, 0.15) is 4.88 Å². The summed E-state index contributed by atoms with van der Waals surface area (Å²) < 4.78 is 46.1. The highest BCUT2D eigenvalue weighted by Gasteiger charge is 2.37. The summed E-state index contributed by atoms with van der Waals surface area (Å²) in [6.45, 7) is 0.835. The molecule has 2 N–H and O–H groups in total. The van der Waals surface area contributed by atoms with Crippen LogP contribution in [-0.2, 0) is 17.5 Å². The third kappa shape index (κ3) is 5.99. The first kappa shape index (κ1) is 24.9. The molecular weight excluding hydrogens is 499 g/mol. The number of nitrogens with one attached hydrogen (secondary N) is 1. The molecule has 1 aromatic carbocycles. The molecule has 3 aromatic heterocycles. The number of aliphatic carboxylic acids is 1. The molecule has 0 saturated carbocycles. The van der Waals surface area contributed by atoms with Crippen LogP contribution in [0, 0.1) is 0 Å². The molecule has 33 heavy (non-hydrogen) atoms. The topological polar surface area (TPSA) is 88.2 Å². The van der Waals surface area contributed by atoms with Gasteiger partial charge in [-0.1, -0.05) is 35.5 Å². The van der Waals surface area contributed by atoms with Gasteiger partial charge in [-0.05, 0) is 23.8 Å². The molecule has 0 fully saturated rings. The van der Waals surface area contributed by atoms with Crippen molar-refractivity contribution in [1.29, 1.82) is 0 Å². The van der Waals surface area contributed by atoms with Crippen molar-refractivity contribution >= 4 is 41.0 Å². The highest BCUT2D eigenvalue weighted by atomic mass is 35.5. The van der Waals surface area contributed by atoms with Gasteiger partial charge in [0.05, 0.1) is 16.2 Å². The lowest BCUT2D eigenvalue weighted by Crippen LogP contribution is -2.16. The van der Waals surface area contributed by atoms with Crippen LogP contribution in [0.2, 0.25) is 0 Å². The van der Waals surface area contributed by atoms with Gasteiger partial charge in [0, 0.05) is 23.5 Å². The number of nitrogens with zero attached hydrogens (tertiary/aromatic N) is 2. The summed E-state index contributed by atoms with van der Waals surface area (Å²) in [6.07, 6.45) is -4.48. The predicted molar refractivity (Wildman–Crippen MR) is 123 cm³/mol. The van der Waals surface area contributed by atoms with Gasteiger partial charge < -0.3 is 14.9 Å². The summed E-state index contributed by atoms with van der Waals surface area (Å²) >= 11 is 1.96. The minimum atomic E-state index is -4.51. The van der Waals surface area contributed by atoms with E-state index in [0.717, 1.165) is 4.88 Å². The number of carbonyl (C=O) groups is 1. The summed E-state index contributed by atoms with van der Waals surface area (Å²) in [6, 6.07) is 13.4. The van der Waals surface area contributed by atoms with Crippen LogP contribution in [0.4, 0.5) is 13.2 Å². The van der Waals surface area contributed by atoms with Crippen LogP contribution in [0.3, 0.4) is 0 Å². The first-order valence-corrected chi connectivity index (χ1v) is 11.1. The van der Waals surface area contributed by atoms with Crippen LogP contribution in [0.5, 0.6) is 0 Å². The molecule has 0 bridgehead atoms. The summed E-state index contributed by atoms with van der Waals surface area (Å²) in [4.78, 5) is 16.0. The molecule has 174 valence electrons. The molecule has 0 spiro atoms. The molecule has 0 radical (unpaired) electrons. The summed E-state index contributed by atoms with van der Waals surface area (Å²) in [5.41, 5.74) is 0.532. The largest absolute Gasteiger partial charge is 0.481 e. The van der Waals surface area contributed by atoms with E-state index >= 15 is 0 Å². The molecule has 0 saturated heterocycles. The van der Waals surface area contributed by atoms with Crippen LogP contribution in [0.1, 0.15) is 16.2 Å². The van der Waals surface area contributed by atoms with Crippen molar-refractivity contribution < 1.29 is 27.6 Å². The van der Waals surface area contributed by atoms with E-state index in [1.165, 1.54) is 17.4 Å². The van der Waals surface area contributed by atoms with E-state index in [0.29, 0.717) is 34.9 Å². The van der Waals surface area contributed by atoms with Crippen molar-refractivity contribution in [2.75, 3.05) is 6.54 Å². The molecule has 0 aliphatic rings. The van der Waals surface area contributed by atoms with Crippen molar-refractivity contribution in [3.8, 4) is 32.6 Å². The molecule has 6 nitrogen and oxygen atoms in total. The molecule has 0 aliphatic carbocycles. The fourth-order valence-corrected chi connectivity index (χ4v) is 4.84. The lowest BCUT2D eigenvalue weighted by molar-refractivity contribution is -0.137. The molecule has 0 unspecified atom stereocenters. The molecule has 12 heteroatoms. The highest BCUT2D eigenvalue weighted by molar-refractivity contribution is 7.16. The van der Waals surface area contributed by atoms with E-state index in [2.05, 4.69) is 15.5 Å². The predicted octanol–water partition coefficient (Wildman–Crippen LogP) is 6.20. The Hall–Kier alpha value is -2.73. The van der Waals surface area contributed by atoms with Gasteiger partial charge in [0.2, 0.25) is 5.82 Å². The summed E-state index contributed by atoms with van der Waals surface area (Å²) in [5, 5.41) is 15.6. The van der Waals surface area contributed by atoms with E-state index in [9.17, 15) is 18.0 Å². The van der Waals surface area contributed by atoms with Crippen molar-refractivity contribution in [2.24, 2.45) is 0 Å². The second kappa shape index (κ2) is 10.5. The fraction of sp³-hybridized carbons (Fsp3) is 0.190. The SMILES string of the molecule is Cl.O=C(O)CCNCc1ccc(-c2noc(-c3cc(-c4ccccc4)c(C(F)(F)F)s3)n2)s1. The zero-order valence-electron chi connectivity index (χ0n) is 16.8. The Balaban J connectivity index is 0.00000306. The Bertz CT molecular complexity index is 1220. The van der Waals surface area contributed by atoms with Gasteiger partial charge in [-0.3, -0.25) is 4.79 Å². The second-order valence-electron chi connectivity index (χ2n) is 6.73. The van der Waals surface area contributed by atoms with Crippen molar-refractivity contribution in [1.82, 2.24) is 15.5 Å². The van der Waals surface area contributed by atoms with Crippen molar-refractivity contribution in [3.05, 3.63) is 58.3 Å². The summed E-state index contributed by atoms with van der Waals surface area (Å²) in [5.74, 6) is -0.571. The second-order valence-corrected chi connectivity index (χ2v) is 8.95. The molecule has 3 heterocycles. The lowest BCUT2D eigenvalue weighted by Gasteiger charge is -2.07. The van der Waals surface area contributed by atoms with Gasteiger partial charge in [-0.25, -0.2) is 0 Å². The van der Waals surface area contributed by atoms with E-state index in [4.69, 9.17) is 9.63 Å². The normalized spacial score (nSPS) is 11.4.